The Labute approximate surface area is 121 Å². The molecule has 5 nitrogen and oxygen atoms in total. The number of fused-ring (bicyclic) bond motifs is 1. The van der Waals surface area contributed by atoms with Crippen LogP contribution in [0.4, 0.5) is 5.82 Å². The second kappa shape index (κ2) is 5.54. The fourth-order valence-electron chi connectivity index (χ4n) is 2.03. The van der Waals surface area contributed by atoms with Crippen LogP contribution in [0.5, 0.6) is 11.5 Å². The van der Waals surface area contributed by atoms with Gasteiger partial charge in [-0.15, -0.1) is 0 Å². The highest BCUT2D eigenvalue weighted by Crippen LogP contribution is 2.42. The number of aromatic nitrogens is 2. The molecule has 104 valence electrons. The van der Waals surface area contributed by atoms with Crippen molar-refractivity contribution in [3.63, 3.8) is 0 Å². The number of anilines is 1. The van der Waals surface area contributed by atoms with Crippen LogP contribution in [0, 0.1) is 0 Å². The molecule has 0 radical (unpaired) electrons. The van der Waals surface area contributed by atoms with Crippen molar-refractivity contribution in [2.24, 2.45) is 0 Å². The highest BCUT2D eigenvalue weighted by atomic mass is 35.5. The van der Waals surface area contributed by atoms with E-state index in [1.807, 2.05) is 12.1 Å². The van der Waals surface area contributed by atoms with Gasteiger partial charge in [0.15, 0.2) is 17.3 Å². The summed E-state index contributed by atoms with van der Waals surface area (Å²) >= 11 is 6.21. The van der Waals surface area contributed by atoms with Crippen LogP contribution >= 0.6 is 11.6 Å². The quantitative estimate of drug-likeness (QED) is 0.936. The Bertz CT molecular complexity index is 634. The van der Waals surface area contributed by atoms with Crippen LogP contribution < -0.4 is 14.8 Å². The van der Waals surface area contributed by atoms with E-state index in [0.717, 1.165) is 30.0 Å². The molecule has 1 aromatic heterocycles. The lowest BCUT2D eigenvalue weighted by Crippen LogP contribution is -2.04. The first kappa shape index (κ1) is 13.0. The lowest BCUT2D eigenvalue weighted by Gasteiger charge is -2.10. The summed E-state index contributed by atoms with van der Waals surface area (Å²) in [6.45, 7) is 3.13. The number of hydrogen-bond acceptors (Lipinski definition) is 5. The molecule has 0 spiro atoms. The second-order valence-corrected chi connectivity index (χ2v) is 4.78. The SMILES string of the molecule is CCCNc1nccnc1-c1cc(Cl)c2c(c1)OCO2. The van der Waals surface area contributed by atoms with E-state index in [2.05, 4.69) is 22.2 Å². The van der Waals surface area contributed by atoms with Crippen LogP contribution in [-0.2, 0) is 0 Å². The molecule has 2 heterocycles. The zero-order chi connectivity index (χ0) is 13.9. The molecule has 1 N–H and O–H groups in total. The van der Waals surface area contributed by atoms with Crippen LogP contribution in [0.2, 0.25) is 5.02 Å². The van der Waals surface area contributed by atoms with E-state index in [-0.39, 0.29) is 6.79 Å². The largest absolute Gasteiger partial charge is 0.454 e. The summed E-state index contributed by atoms with van der Waals surface area (Å²) in [5.41, 5.74) is 1.60. The third kappa shape index (κ3) is 2.36. The minimum atomic E-state index is 0.194. The first-order valence-corrected chi connectivity index (χ1v) is 6.81. The molecule has 20 heavy (non-hydrogen) atoms. The average molecular weight is 292 g/mol. The summed E-state index contributed by atoms with van der Waals surface area (Å²) in [7, 11) is 0. The predicted molar refractivity (Wildman–Crippen MR) is 77.4 cm³/mol. The lowest BCUT2D eigenvalue weighted by molar-refractivity contribution is 0.174. The van der Waals surface area contributed by atoms with Crippen molar-refractivity contribution < 1.29 is 9.47 Å². The number of halogens is 1. The van der Waals surface area contributed by atoms with Gasteiger partial charge in [0.25, 0.3) is 0 Å². The minimum Gasteiger partial charge on any atom is -0.454 e. The van der Waals surface area contributed by atoms with Crippen LogP contribution in [0.25, 0.3) is 11.3 Å². The Morgan fingerprint density at radius 3 is 2.95 bits per heavy atom. The van der Waals surface area contributed by atoms with Crippen LogP contribution in [0.15, 0.2) is 24.5 Å². The maximum atomic E-state index is 6.21. The average Bonchev–Trinajstić information content (AvgIpc) is 2.94. The van der Waals surface area contributed by atoms with E-state index in [9.17, 15) is 0 Å². The Kier molecular flexibility index (Phi) is 3.60. The first-order valence-electron chi connectivity index (χ1n) is 6.44. The smallest absolute Gasteiger partial charge is 0.231 e. The van der Waals surface area contributed by atoms with Gasteiger partial charge in [0, 0.05) is 24.5 Å². The molecule has 0 unspecified atom stereocenters. The Morgan fingerprint density at radius 1 is 1.25 bits per heavy atom. The molecule has 1 aliphatic rings. The molecule has 0 fully saturated rings. The Balaban J connectivity index is 2.03. The lowest BCUT2D eigenvalue weighted by atomic mass is 10.1. The van der Waals surface area contributed by atoms with Crippen molar-refractivity contribution in [3.8, 4) is 22.8 Å². The van der Waals surface area contributed by atoms with Gasteiger partial charge in [0.2, 0.25) is 6.79 Å². The monoisotopic (exact) mass is 291 g/mol. The summed E-state index contributed by atoms with van der Waals surface area (Å²) in [4.78, 5) is 8.72. The minimum absolute atomic E-state index is 0.194. The number of ether oxygens (including phenoxy) is 2. The van der Waals surface area contributed by atoms with E-state index in [1.165, 1.54) is 0 Å². The Morgan fingerprint density at radius 2 is 2.10 bits per heavy atom. The van der Waals surface area contributed by atoms with Gasteiger partial charge in [0.05, 0.1) is 5.02 Å². The molecular formula is C14H14ClN3O2. The van der Waals surface area contributed by atoms with Crippen molar-refractivity contribution >= 4 is 17.4 Å². The number of rotatable bonds is 4. The van der Waals surface area contributed by atoms with E-state index >= 15 is 0 Å². The van der Waals surface area contributed by atoms with Gasteiger partial charge in [-0.3, -0.25) is 4.98 Å². The van der Waals surface area contributed by atoms with Gasteiger partial charge in [0.1, 0.15) is 5.69 Å². The zero-order valence-electron chi connectivity index (χ0n) is 11.0. The molecule has 6 heteroatoms. The molecule has 1 aromatic carbocycles. The van der Waals surface area contributed by atoms with E-state index in [4.69, 9.17) is 21.1 Å². The van der Waals surface area contributed by atoms with Gasteiger partial charge in [-0.25, -0.2) is 4.98 Å². The van der Waals surface area contributed by atoms with Gasteiger partial charge in [-0.05, 0) is 18.6 Å². The number of hydrogen-bond donors (Lipinski definition) is 1. The van der Waals surface area contributed by atoms with Gasteiger partial charge in [-0.2, -0.15) is 0 Å². The maximum Gasteiger partial charge on any atom is 0.231 e. The fraction of sp³-hybridized carbons (Fsp3) is 0.286. The molecule has 1 aliphatic heterocycles. The standard InChI is InChI=1S/C14H14ClN3O2/c1-2-3-17-14-12(16-4-5-18-14)9-6-10(15)13-11(7-9)19-8-20-13/h4-7H,2-3,8H2,1H3,(H,17,18). The zero-order valence-corrected chi connectivity index (χ0v) is 11.8. The highest BCUT2D eigenvalue weighted by Gasteiger charge is 2.20. The predicted octanol–water partition coefficient (Wildman–Crippen LogP) is 3.35. The van der Waals surface area contributed by atoms with Crippen molar-refractivity contribution in [1.29, 1.82) is 0 Å². The topological polar surface area (TPSA) is 56.3 Å². The molecule has 0 aliphatic carbocycles. The molecule has 2 aromatic rings. The van der Waals surface area contributed by atoms with E-state index in [1.54, 1.807) is 12.4 Å². The molecule has 0 saturated heterocycles. The molecule has 0 bridgehead atoms. The third-order valence-corrected chi connectivity index (χ3v) is 3.22. The number of nitrogens with one attached hydrogen (secondary N) is 1. The maximum absolute atomic E-state index is 6.21. The van der Waals surface area contributed by atoms with Crippen molar-refractivity contribution in [3.05, 3.63) is 29.5 Å². The van der Waals surface area contributed by atoms with Gasteiger partial charge >= 0.3 is 0 Å². The number of nitrogens with zero attached hydrogens (tertiary/aromatic N) is 2. The second-order valence-electron chi connectivity index (χ2n) is 4.37. The van der Waals surface area contributed by atoms with Crippen molar-refractivity contribution in [2.45, 2.75) is 13.3 Å². The summed E-state index contributed by atoms with van der Waals surface area (Å²) in [5.74, 6) is 1.96. The highest BCUT2D eigenvalue weighted by molar-refractivity contribution is 6.32. The molecule has 0 atom stereocenters. The van der Waals surface area contributed by atoms with E-state index in [0.29, 0.717) is 16.5 Å². The van der Waals surface area contributed by atoms with Crippen LogP contribution in [0.3, 0.4) is 0 Å². The summed E-state index contributed by atoms with van der Waals surface area (Å²) in [6, 6.07) is 3.69. The first-order chi connectivity index (χ1) is 9.79. The van der Waals surface area contributed by atoms with E-state index < -0.39 is 0 Å². The number of benzene rings is 1. The van der Waals surface area contributed by atoms with Gasteiger partial charge in [-0.1, -0.05) is 18.5 Å². The fourth-order valence-corrected chi connectivity index (χ4v) is 2.29. The van der Waals surface area contributed by atoms with Crippen molar-refractivity contribution in [1.82, 2.24) is 9.97 Å². The molecule has 3 rings (SSSR count). The summed E-state index contributed by atoms with van der Waals surface area (Å²) in [5, 5.41) is 3.78. The van der Waals surface area contributed by atoms with Crippen LogP contribution in [-0.4, -0.2) is 23.3 Å². The normalized spacial score (nSPS) is 12.5. The molecular weight excluding hydrogens is 278 g/mol. The van der Waals surface area contributed by atoms with Crippen molar-refractivity contribution in [2.75, 3.05) is 18.7 Å². The summed E-state index contributed by atoms with van der Waals surface area (Å²) in [6.07, 6.45) is 4.33. The summed E-state index contributed by atoms with van der Waals surface area (Å²) < 4.78 is 10.7. The third-order valence-electron chi connectivity index (χ3n) is 2.94. The molecule has 0 saturated carbocycles. The van der Waals surface area contributed by atoms with Crippen LogP contribution in [0.1, 0.15) is 13.3 Å². The molecule has 0 amide bonds. The Hall–Kier alpha value is -2.01. The van der Waals surface area contributed by atoms with Gasteiger partial charge < -0.3 is 14.8 Å².